The van der Waals surface area contributed by atoms with Crippen molar-refractivity contribution < 1.29 is 9.84 Å². The number of aliphatic hydroxyl groups excluding tert-OH is 1. The van der Waals surface area contributed by atoms with Crippen molar-refractivity contribution in [2.75, 3.05) is 0 Å². The van der Waals surface area contributed by atoms with Gasteiger partial charge < -0.3 is 14.4 Å². The summed E-state index contributed by atoms with van der Waals surface area (Å²) in [5.74, 6) is 1.90. The molecule has 0 fully saturated rings. The van der Waals surface area contributed by atoms with Crippen molar-refractivity contribution in [1.82, 2.24) is 14.8 Å². The van der Waals surface area contributed by atoms with Gasteiger partial charge in [0, 0.05) is 12.1 Å². The zero-order valence-electron chi connectivity index (χ0n) is 11.8. The standard InChI is InChI=1S/C15H19N3O2/c1-10(2)6-18-14(7-19)16-17-15(18)11-3-4-12-8-20-9-13(12)5-11/h3-5,10,19H,6-9H2,1-2H3. The molecule has 20 heavy (non-hydrogen) atoms. The van der Waals surface area contributed by atoms with Crippen molar-refractivity contribution >= 4 is 0 Å². The van der Waals surface area contributed by atoms with Crippen molar-refractivity contribution in [3.05, 3.63) is 35.2 Å². The van der Waals surface area contributed by atoms with Gasteiger partial charge in [-0.3, -0.25) is 0 Å². The maximum absolute atomic E-state index is 9.40. The lowest BCUT2D eigenvalue weighted by atomic mass is 10.1. The van der Waals surface area contributed by atoms with E-state index < -0.39 is 0 Å². The van der Waals surface area contributed by atoms with Crippen LogP contribution in [-0.4, -0.2) is 19.9 Å². The van der Waals surface area contributed by atoms with Gasteiger partial charge in [-0.1, -0.05) is 26.0 Å². The van der Waals surface area contributed by atoms with E-state index in [0.29, 0.717) is 25.0 Å². The van der Waals surface area contributed by atoms with Gasteiger partial charge in [0.2, 0.25) is 0 Å². The van der Waals surface area contributed by atoms with E-state index >= 15 is 0 Å². The molecule has 1 aromatic carbocycles. The van der Waals surface area contributed by atoms with Crippen LogP contribution < -0.4 is 0 Å². The molecule has 0 saturated heterocycles. The molecule has 5 heteroatoms. The van der Waals surface area contributed by atoms with Crippen molar-refractivity contribution in [2.24, 2.45) is 5.92 Å². The molecule has 0 saturated carbocycles. The highest BCUT2D eigenvalue weighted by molar-refractivity contribution is 5.58. The van der Waals surface area contributed by atoms with E-state index in [-0.39, 0.29) is 6.61 Å². The van der Waals surface area contributed by atoms with Crippen LogP contribution in [0.25, 0.3) is 11.4 Å². The highest BCUT2D eigenvalue weighted by Gasteiger charge is 2.17. The summed E-state index contributed by atoms with van der Waals surface area (Å²) < 4.78 is 7.45. The first-order valence-electron chi connectivity index (χ1n) is 6.92. The van der Waals surface area contributed by atoms with Gasteiger partial charge in [-0.05, 0) is 23.1 Å². The van der Waals surface area contributed by atoms with Gasteiger partial charge in [-0.2, -0.15) is 0 Å². The average molecular weight is 273 g/mol. The Bertz CT molecular complexity index is 620. The average Bonchev–Trinajstić information content (AvgIpc) is 3.03. The zero-order chi connectivity index (χ0) is 14.1. The van der Waals surface area contributed by atoms with Gasteiger partial charge in [0.1, 0.15) is 6.61 Å². The van der Waals surface area contributed by atoms with Crippen LogP contribution in [0.4, 0.5) is 0 Å². The zero-order valence-corrected chi connectivity index (χ0v) is 11.8. The molecule has 5 nitrogen and oxygen atoms in total. The predicted octanol–water partition coefficient (Wildman–Crippen LogP) is 2.12. The number of aliphatic hydroxyl groups is 1. The smallest absolute Gasteiger partial charge is 0.164 e. The van der Waals surface area contributed by atoms with Gasteiger partial charge >= 0.3 is 0 Å². The Labute approximate surface area is 118 Å². The third-order valence-corrected chi connectivity index (χ3v) is 3.50. The number of fused-ring (bicyclic) bond motifs is 1. The first kappa shape index (κ1) is 13.3. The molecule has 0 aliphatic carbocycles. The summed E-state index contributed by atoms with van der Waals surface area (Å²) in [5, 5.41) is 17.7. The summed E-state index contributed by atoms with van der Waals surface area (Å²) in [5.41, 5.74) is 3.49. The van der Waals surface area contributed by atoms with E-state index in [0.717, 1.165) is 17.9 Å². The van der Waals surface area contributed by atoms with E-state index in [1.54, 1.807) is 0 Å². The van der Waals surface area contributed by atoms with Crippen LogP contribution in [0.2, 0.25) is 0 Å². The van der Waals surface area contributed by atoms with Gasteiger partial charge in [-0.15, -0.1) is 10.2 Å². The Morgan fingerprint density at radius 2 is 2.05 bits per heavy atom. The summed E-state index contributed by atoms with van der Waals surface area (Å²) in [6.45, 7) is 6.34. The predicted molar refractivity (Wildman–Crippen MR) is 74.7 cm³/mol. The van der Waals surface area contributed by atoms with Gasteiger partial charge in [-0.25, -0.2) is 0 Å². The fraction of sp³-hybridized carbons (Fsp3) is 0.467. The topological polar surface area (TPSA) is 60.2 Å². The van der Waals surface area contributed by atoms with E-state index in [2.05, 4.69) is 42.2 Å². The molecule has 3 rings (SSSR count). The summed E-state index contributed by atoms with van der Waals surface area (Å²) >= 11 is 0. The third kappa shape index (κ3) is 2.34. The van der Waals surface area contributed by atoms with Crippen molar-refractivity contribution in [3.63, 3.8) is 0 Å². The first-order chi connectivity index (χ1) is 9.69. The van der Waals surface area contributed by atoms with Gasteiger partial charge in [0.25, 0.3) is 0 Å². The Morgan fingerprint density at radius 1 is 1.25 bits per heavy atom. The SMILES string of the molecule is CC(C)Cn1c(CO)nnc1-c1ccc2c(c1)COC2. The number of benzene rings is 1. The number of ether oxygens (including phenoxy) is 1. The molecule has 1 aromatic heterocycles. The van der Waals surface area contributed by atoms with E-state index in [1.165, 1.54) is 11.1 Å². The minimum Gasteiger partial charge on any atom is -0.388 e. The van der Waals surface area contributed by atoms with Crippen LogP contribution in [0.15, 0.2) is 18.2 Å². The molecule has 0 spiro atoms. The minimum absolute atomic E-state index is 0.0895. The molecule has 0 bridgehead atoms. The molecule has 0 amide bonds. The van der Waals surface area contributed by atoms with E-state index in [9.17, 15) is 5.11 Å². The second kappa shape index (κ2) is 5.34. The number of rotatable bonds is 4. The lowest BCUT2D eigenvalue weighted by Gasteiger charge is -2.12. The maximum atomic E-state index is 9.40. The van der Waals surface area contributed by atoms with Crippen LogP contribution in [-0.2, 0) is 31.1 Å². The summed E-state index contributed by atoms with van der Waals surface area (Å²) in [6.07, 6.45) is 0. The second-order valence-electron chi connectivity index (χ2n) is 5.58. The first-order valence-corrected chi connectivity index (χ1v) is 6.92. The van der Waals surface area contributed by atoms with Crippen LogP contribution in [0.5, 0.6) is 0 Å². The van der Waals surface area contributed by atoms with Crippen molar-refractivity contribution in [1.29, 1.82) is 0 Å². The van der Waals surface area contributed by atoms with Gasteiger partial charge in [0.05, 0.1) is 13.2 Å². The molecular weight excluding hydrogens is 254 g/mol. The summed E-state index contributed by atoms with van der Waals surface area (Å²) in [6, 6.07) is 6.25. The lowest BCUT2D eigenvalue weighted by molar-refractivity contribution is 0.134. The number of nitrogens with zero attached hydrogens (tertiary/aromatic N) is 3. The second-order valence-corrected chi connectivity index (χ2v) is 5.58. The molecule has 2 heterocycles. The molecule has 0 unspecified atom stereocenters. The Kier molecular flexibility index (Phi) is 3.54. The van der Waals surface area contributed by atoms with Crippen LogP contribution in [0, 0.1) is 5.92 Å². The molecule has 1 N–H and O–H groups in total. The van der Waals surface area contributed by atoms with Crippen LogP contribution >= 0.6 is 0 Å². The Morgan fingerprint density at radius 3 is 2.80 bits per heavy atom. The highest BCUT2D eigenvalue weighted by Crippen LogP contribution is 2.26. The van der Waals surface area contributed by atoms with Crippen LogP contribution in [0.3, 0.4) is 0 Å². The van der Waals surface area contributed by atoms with Crippen molar-refractivity contribution in [3.8, 4) is 11.4 Å². The third-order valence-electron chi connectivity index (χ3n) is 3.50. The summed E-state index contributed by atoms with van der Waals surface area (Å²) in [7, 11) is 0. The van der Waals surface area contributed by atoms with E-state index in [1.807, 2.05) is 4.57 Å². The molecule has 0 radical (unpaired) electrons. The Hall–Kier alpha value is -1.72. The normalized spacial score (nSPS) is 14.0. The Balaban J connectivity index is 2.03. The highest BCUT2D eigenvalue weighted by atomic mass is 16.5. The maximum Gasteiger partial charge on any atom is 0.164 e. The fourth-order valence-electron chi connectivity index (χ4n) is 2.53. The number of aromatic nitrogens is 3. The molecule has 2 aromatic rings. The molecule has 1 aliphatic heterocycles. The number of hydrogen-bond donors (Lipinski definition) is 1. The number of hydrogen-bond acceptors (Lipinski definition) is 4. The van der Waals surface area contributed by atoms with E-state index in [4.69, 9.17) is 4.74 Å². The minimum atomic E-state index is -0.0895. The van der Waals surface area contributed by atoms with Crippen LogP contribution in [0.1, 0.15) is 30.8 Å². The molecule has 1 aliphatic rings. The monoisotopic (exact) mass is 273 g/mol. The lowest BCUT2D eigenvalue weighted by Crippen LogP contribution is -2.10. The fourth-order valence-corrected chi connectivity index (χ4v) is 2.53. The largest absolute Gasteiger partial charge is 0.388 e. The molecule has 106 valence electrons. The quantitative estimate of drug-likeness (QED) is 0.927. The van der Waals surface area contributed by atoms with Gasteiger partial charge in [0.15, 0.2) is 11.6 Å². The van der Waals surface area contributed by atoms with Crippen molar-refractivity contribution in [2.45, 2.75) is 40.2 Å². The molecular formula is C15H19N3O2. The summed E-state index contributed by atoms with van der Waals surface area (Å²) in [4.78, 5) is 0. The molecule has 0 atom stereocenters.